The van der Waals surface area contributed by atoms with Crippen LogP contribution in [0.3, 0.4) is 0 Å². The Morgan fingerprint density at radius 3 is 2.18 bits per heavy atom. The number of benzene rings is 1. The van der Waals surface area contributed by atoms with Crippen molar-refractivity contribution in [3.8, 4) is 0 Å². The van der Waals surface area contributed by atoms with Crippen LogP contribution in [0.4, 0.5) is 5.69 Å². The minimum absolute atomic E-state index is 0.456. The van der Waals surface area contributed by atoms with Crippen LogP contribution in [-0.4, -0.2) is 10.3 Å². The molecule has 3 N–H and O–H groups in total. The van der Waals surface area contributed by atoms with Gasteiger partial charge >= 0.3 is 0 Å². The lowest BCUT2D eigenvalue weighted by Gasteiger charge is -2.04. The average molecular weight is 153 g/mol. The fraction of sp³-hybridized carbons (Fsp3) is 0.250. The quantitative estimate of drug-likeness (QED) is 0.565. The molecule has 3 nitrogen and oxygen atoms in total. The van der Waals surface area contributed by atoms with E-state index in [0.717, 1.165) is 5.56 Å². The Morgan fingerprint density at radius 2 is 1.82 bits per heavy atom. The van der Waals surface area contributed by atoms with Crippen molar-refractivity contribution in [2.45, 2.75) is 13.0 Å². The van der Waals surface area contributed by atoms with Crippen molar-refractivity contribution in [1.82, 2.24) is 0 Å². The molecule has 0 aliphatic rings. The molecule has 60 valence electrons. The predicted octanol–water partition coefficient (Wildman–Crippen LogP) is 1.54. The highest BCUT2D eigenvalue weighted by Gasteiger charge is 1.98. The maximum atomic E-state index is 9.10. The molecule has 0 radical (unpaired) electrons. The second-order valence-electron chi connectivity index (χ2n) is 2.41. The summed E-state index contributed by atoms with van der Waals surface area (Å²) in [6.07, 6.45) is -0.456. The van der Waals surface area contributed by atoms with Gasteiger partial charge in [-0.05, 0) is 24.6 Å². The van der Waals surface area contributed by atoms with Gasteiger partial charge in [-0.25, -0.2) is 0 Å². The number of rotatable bonds is 2. The van der Waals surface area contributed by atoms with E-state index in [9.17, 15) is 0 Å². The molecule has 0 saturated carbocycles. The van der Waals surface area contributed by atoms with E-state index in [4.69, 9.17) is 10.3 Å². The summed E-state index contributed by atoms with van der Waals surface area (Å²) in [5.41, 5.74) is 3.47. The molecule has 1 rings (SSSR count). The molecule has 3 heteroatoms. The normalized spacial score (nSPS) is 12.6. The summed E-state index contributed by atoms with van der Waals surface area (Å²) in [5, 5.41) is 17.6. The Bertz CT molecular complexity index is 218. The zero-order valence-corrected chi connectivity index (χ0v) is 6.28. The zero-order valence-electron chi connectivity index (χ0n) is 6.28. The fourth-order valence-corrected chi connectivity index (χ4v) is 0.836. The van der Waals surface area contributed by atoms with Crippen LogP contribution < -0.4 is 5.48 Å². The van der Waals surface area contributed by atoms with Crippen LogP contribution in [0, 0.1) is 0 Å². The monoisotopic (exact) mass is 153 g/mol. The lowest BCUT2D eigenvalue weighted by molar-refractivity contribution is 0.199. The van der Waals surface area contributed by atoms with Crippen LogP contribution in [0.25, 0.3) is 0 Å². The molecular weight excluding hydrogens is 142 g/mol. The van der Waals surface area contributed by atoms with Crippen molar-refractivity contribution in [2.24, 2.45) is 0 Å². The zero-order chi connectivity index (χ0) is 8.27. The molecule has 0 aliphatic heterocycles. The Labute approximate surface area is 65.3 Å². The summed E-state index contributed by atoms with van der Waals surface area (Å²) in [4.78, 5) is 0. The third-order valence-electron chi connectivity index (χ3n) is 1.52. The van der Waals surface area contributed by atoms with E-state index in [2.05, 4.69) is 0 Å². The van der Waals surface area contributed by atoms with Crippen molar-refractivity contribution >= 4 is 5.69 Å². The molecule has 0 heterocycles. The molecule has 11 heavy (non-hydrogen) atoms. The highest BCUT2D eigenvalue weighted by molar-refractivity contribution is 5.42. The highest BCUT2D eigenvalue weighted by atomic mass is 16.5. The predicted molar refractivity (Wildman–Crippen MR) is 42.5 cm³/mol. The molecule has 0 saturated heterocycles. The highest BCUT2D eigenvalue weighted by Crippen LogP contribution is 2.14. The van der Waals surface area contributed by atoms with Gasteiger partial charge in [-0.1, -0.05) is 12.1 Å². The third-order valence-corrected chi connectivity index (χ3v) is 1.52. The Kier molecular flexibility index (Phi) is 2.46. The van der Waals surface area contributed by atoms with Gasteiger partial charge < -0.3 is 5.11 Å². The number of hydrogen-bond acceptors (Lipinski definition) is 3. The smallest absolute Gasteiger partial charge is 0.0761 e. The molecule has 0 aliphatic carbocycles. The molecule has 0 spiro atoms. The number of nitrogens with one attached hydrogen (secondary N) is 1. The molecule has 1 unspecified atom stereocenters. The van der Waals surface area contributed by atoms with Crippen LogP contribution in [0.5, 0.6) is 0 Å². The number of anilines is 1. The molecule has 0 aromatic heterocycles. The van der Waals surface area contributed by atoms with Crippen LogP contribution in [0.15, 0.2) is 24.3 Å². The van der Waals surface area contributed by atoms with Crippen LogP contribution in [0.2, 0.25) is 0 Å². The van der Waals surface area contributed by atoms with Gasteiger partial charge in [-0.3, -0.25) is 10.7 Å². The molecule has 0 amide bonds. The lowest BCUT2D eigenvalue weighted by Crippen LogP contribution is -1.92. The van der Waals surface area contributed by atoms with E-state index in [1.807, 2.05) is 5.48 Å². The number of aliphatic hydroxyl groups is 1. The van der Waals surface area contributed by atoms with Crippen LogP contribution >= 0.6 is 0 Å². The second kappa shape index (κ2) is 3.37. The van der Waals surface area contributed by atoms with Gasteiger partial charge in [-0.15, -0.1) is 0 Å². The van der Waals surface area contributed by atoms with E-state index >= 15 is 0 Å². The summed E-state index contributed by atoms with van der Waals surface area (Å²) in [6.45, 7) is 1.70. The minimum atomic E-state index is -0.456. The van der Waals surface area contributed by atoms with Gasteiger partial charge in [0.05, 0.1) is 11.8 Å². The standard InChI is InChI=1S/C8H11NO2/c1-6(10)7-2-4-8(9-11)5-3-7/h2-6,9-11H,1H3. The minimum Gasteiger partial charge on any atom is -0.389 e. The van der Waals surface area contributed by atoms with Crippen molar-refractivity contribution in [1.29, 1.82) is 0 Å². The second-order valence-corrected chi connectivity index (χ2v) is 2.41. The molecule has 0 fully saturated rings. The van der Waals surface area contributed by atoms with Gasteiger partial charge in [0.1, 0.15) is 0 Å². The summed E-state index contributed by atoms with van der Waals surface area (Å²) < 4.78 is 0. The molecule has 0 bridgehead atoms. The number of hydrogen-bond donors (Lipinski definition) is 3. The summed E-state index contributed by atoms with van der Waals surface area (Å²) in [7, 11) is 0. The van der Waals surface area contributed by atoms with Crippen molar-refractivity contribution in [3.63, 3.8) is 0 Å². The van der Waals surface area contributed by atoms with Gasteiger partial charge in [0.2, 0.25) is 0 Å². The number of aliphatic hydroxyl groups excluding tert-OH is 1. The molecule has 1 aromatic rings. The van der Waals surface area contributed by atoms with Crippen molar-refractivity contribution in [3.05, 3.63) is 29.8 Å². The van der Waals surface area contributed by atoms with E-state index in [1.54, 1.807) is 31.2 Å². The molecule has 1 atom stereocenters. The lowest BCUT2D eigenvalue weighted by atomic mass is 10.1. The largest absolute Gasteiger partial charge is 0.389 e. The van der Waals surface area contributed by atoms with E-state index in [0.29, 0.717) is 5.69 Å². The first-order valence-corrected chi connectivity index (χ1v) is 3.42. The first kappa shape index (κ1) is 8.04. The van der Waals surface area contributed by atoms with E-state index in [-0.39, 0.29) is 0 Å². The SMILES string of the molecule is CC(O)c1ccc(NO)cc1. The maximum Gasteiger partial charge on any atom is 0.0761 e. The third kappa shape index (κ3) is 1.93. The topological polar surface area (TPSA) is 52.5 Å². The molecular formula is C8H11NO2. The summed E-state index contributed by atoms with van der Waals surface area (Å²) >= 11 is 0. The van der Waals surface area contributed by atoms with E-state index < -0.39 is 6.10 Å². The molecule has 1 aromatic carbocycles. The summed E-state index contributed by atoms with van der Waals surface area (Å²) in [5.74, 6) is 0. The van der Waals surface area contributed by atoms with Crippen LogP contribution in [0.1, 0.15) is 18.6 Å². The Morgan fingerprint density at radius 1 is 1.27 bits per heavy atom. The fourth-order valence-electron chi connectivity index (χ4n) is 0.836. The van der Waals surface area contributed by atoms with Gasteiger partial charge in [-0.2, -0.15) is 0 Å². The Balaban J connectivity index is 2.83. The first-order chi connectivity index (χ1) is 5.24. The van der Waals surface area contributed by atoms with Gasteiger partial charge in [0.15, 0.2) is 0 Å². The van der Waals surface area contributed by atoms with Gasteiger partial charge in [0, 0.05) is 0 Å². The van der Waals surface area contributed by atoms with E-state index in [1.165, 1.54) is 0 Å². The Hall–Kier alpha value is -1.06. The summed E-state index contributed by atoms with van der Waals surface area (Å²) in [6, 6.07) is 6.90. The first-order valence-electron chi connectivity index (χ1n) is 3.42. The van der Waals surface area contributed by atoms with Crippen molar-refractivity contribution < 1.29 is 10.3 Å². The van der Waals surface area contributed by atoms with Crippen molar-refractivity contribution in [2.75, 3.05) is 5.48 Å². The van der Waals surface area contributed by atoms with Gasteiger partial charge in [0.25, 0.3) is 0 Å². The average Bonchev–Trinajstić information content (AvgIpc) is 2.05. The maximum absolute atomic E-state index is 9.10. The van der Waals surface area contributed by atoms with Crippen LogP contribution in [-0.2, 0) is 0 Å².